The molecule has 2 fully saturated rings. The number of rotatable bonds is 5. The van der Waals surface area contributed by atoms with Crippen LogP contribution in [0.3, 0.4) is 0 Å². The highest BCUT2D eigenvalue weighted by atomic mass is 32.2. The Bertz CT molecular complexity index is 963. The molecule has 8 heteroatoms. The number of likely N-dealkylation sites (tertiary alicyclic amines) is 1. The number of ether oxygens (including phenoxy) is 2. The highest BCUT2D eigenvalue weighted by Gasteiger charge is 2.29. The zero-order valence-electron chi connectivity index (χ0n) is 21.8. The summed E-state index contributed by atoms with van der Waals surface area (Å²) in [5.74, 6) is 2.56. The lowest BCUT2D eigenvalue weighted by atomic mass is 9.85. The average molecular weight is 519 g/mol. The molecule has 0 N–H and O–H groups in total. The lowest BCUT2D eigenvalue weighted by molar-refractivity contribution is -0.135. The Morgan fingerprint density at radius 2 is 1.78 bits per heavy atom. The maximum atomic E-state index is 14.8. The minimum absolute atomic E-state index is 0.0473. The molecule has 1 aromatic rings. The van der Waals surface area contributed by atoms with Crippen LogP contribution in [0.15, 0.2) is 24.3 Å². The smallest absolute Gasteiger partial charge is 0.410 e. The molecule has 1 aliphatic carbocycles. The van der Waals surface area contributed by atoms with Crippen molar-refractivity contribution in [3.63, 3.8) is 0 Å². The van der Waals surface area contributed by atoms with E-state index in [2.05, 4.69) is 6.08 Å². The summed E-state index contributed by atoms with van der Waals surface area (Å²) in [4.78, 5) is 28.8. The Morgan fingerprint density at radius 3 is 2.39 bits per heavy atom. The Labute approximate surface area is 218 Å². The normalized spacial score (nSPS) is 21.7. The van der Waals surface area contributed by atoms with Gasteiger partial charge in [-0.25, -0.2) is 9.18 Å². The third-order valence-corrected chi connectivity index (χ3v) is 8.07. The number of nitrogens with zero attached hydrogens (tertiary/aromatic N) is 2. The number of allylic oxidation sites excluding steroid dienone is 2. The molecule has 0 radical (unpaired) electrons. The zero-order chi connectivity index (χ0) is 25.7. The Morgan fingerprint density at radius 1 is 1.06 bits per heavy atom. The van der Waals surface area contributed by atoms with Crippen LogP contribution in [0.2, 0.25) is 0 Å². The van der Waals surface area contributed by atoms with Gasteiger partial charge in [-0.2, -0.15) is 11.8 Å². The van der Waals surface area contributed by atoms with Crippen LogP contribution in [0.5, 0.6) is 5.75 Å². The molecule has 2 saturated heterocycles. The van der Waals surface area contributed by atoms with Gasteiger partial charge in [0, 0.05) is 43.6 Å². The van der Waals surface area contributed by atoms with Crippen molar-refractivity contribution in [2.75, 3.05) is 44.3 Å². The lowest BCUT2D eigenvalue weighted by Gasteiger charge is -2.33. The average Bonchev–Trinajstić information content (AvgIpc) is 2.87. The largest absolute Gasteiger partial charge is 0.490 e. The van der Waals surface area contributed by atoms with Gasteiger partial charge in [0.2, 0.25) is 5.91 Å². The monoisotopic (exact) mass is 518 g/mol. The van der Waals surface area contributed by atoms with E-state index in [1.54, 1.807) is 17.0 Å². The van der Waals surface area contributed by atoms with Gasteiger partial charge < -0.3 is 19.3 Å². The highest BCUT2D eigenvalue weighted by molar-refractivity contribution is 7.99. The van der Waals surface area contributed by atoms with Crippen molar-refractivity contribution in [2.24, 2.45) is 11.8 Å². The van der Waals surface area contributed by atoms with Crippen LogP contribution in [-0.2, 0) is 9.53 Å². The standard InChI is InChI=1S/C28H39FN2O4S/c1-28(2,3)35-27(33)31-12-10-20(11-13-31)19-34-25-9-8-23(18-24(25)29)21-4-6-22(7-5-21)26(32)30-14-16-36-17-15-30/h4,8-9,18,20,22H,5-7,10-17,19H2,1-3H3. The molecule has 2 aliphatic heterocycles. The number of carbonyl (C=O) groups is 2. The van der Waals surface area contributed by atoms with Crippen molar-refractivity contribution in [3.05, 3.63) is 35.7 Å². The first-order valence-electron chi connectivity index (χ1n) is 13.2. The van der Waals surface area contributed by atoms with Crippen LogP contribution in [0.25, 0.3) is 5.57 Å². The number of benzene rings is 1. The topological polar surface area (TPSA) is 59.1 Å². The third-order valence-electron chi connectivity index (χ3n) is 7.13. The fourth-order valence-electron chi connectivity index (χ4n) is 5.00. The molecule has 6 nitrogen and oxygen atoms in total. The molecule has 36 heavy (non-hydrogen) atoms. The SMILES string of the molecule is CC(C)(C)OC(=O)N1CCC(COc2ccc(C3=CCC(C(=O)N4CCSCC4)CC3)cc2F)CC1. The summed E-state index contributed by atoms with van der Waals surface area (Å²) in [6.07, 6.45) is 5.77. The highest BCUT2D eigenvalue weighted by Crippen LogP contribution is 2.33. The van der Waals surface area contributed by atoms with Gasteiger partial charge in [0.1, 0.15) is 5.60 Å². The van der Waals surface area contributed by atoms with E-state index in [4.69, 9.17) is 9.47 Å². The first kappa shape index (κ1) is 26.8. The first-order valence-corrected chi connectivity index (χ1v) is 14.3. The summed E-state index contributed by atoms with van der Waals surface area (Å²) in [6.45, 7) is 8.98. The fraction of sp³-hybridized carbons (Fsp3) is 0.643. The molecule has 0 saturated carbocycles. The molecular weight excluding hydrogens is 479 g/mol. The van der Waals surface area contributed by atoms with Gasteiger partial charge in [0.25, 0.3) is 0 Å². The van der Waals surface area contributed by atoms with Gasteiger partial charge in [-0.15, -0.1) is 0 Å². The second kappa shape index (κ2) is 11.9. The molecule has 3 aliphatic rings. The number of amides is 2. The molecule has 1 atom stereocenters. The van der Waals surface area contributed by atoms with E-state index in [1.807, 2.05) is 43.5 Å². The van der Waals surface area contributed by atoms with Crippen molar-refractivity contribution in [1.82, 2.24) is 9.80 Å². The Kier molecular flexibility index (Phi) is 8.86. The molecule has 0 bridgehead atoms. The second-order valence-electron chi connectivity index (χ2n) is 11.0. The molecule has 0 aromatic heterocycles. The third kappa shape index (κ3) is 7.17. The van der Waals surface area contributed by atoms with Gasteiger partial charge in [-0.3, -0.25) is 4.79 Å². The van der Waals surface area contributed by atoms with Crippen LogP contribution in [0, 0.1) is 17.7 Å². The van der Waals surface area contributed by atoms with Crippen LogP contribution in [0.4, 0.5) is 9.18 Å². The molecular formula is C28H39FN2O4S. The number of piperidine rings is 1. The Hall–Kier alpha value is -2.22. The van der Waals surface area contributed by atoms with E-state index in [0.717, 1.165) is 67.8 Å². The van der Waals surface area contributed by atoms with Crippen molar-refractivity contribution in [2.45, 2.75) is 58.5 Å². The second-order valence-corrected chi connectivity index (χ2v) is 12.2. The van der Waals surface area contributed by atoms with E-state index in [0.29, 0.717) is 19.7 Å². The van der Waals surface area contributed by atoms with Crippen LogP contribution in [-0.4, -0.2) is 71.7 Å². The molecule has 2 heterocycles. The summed E-state index contributed by atoms with van der Waals surface area (Å²) in [5, 5.41) is 0. The molecule has 4 rings (SSSR count). The number of hydrogen-bond donors (Lipinski definition) is 0. The molecule has 0 spiro atoms. The van der Waals surface area contributed by atoms with Crippen molar-refractivity contribution < 1.29 is 23.5 Å². The summed E-state index contributed by atoms with van der Waals surface area (Å²) in [7, 11) is 0. The molecule has 198 valence electrons. The maximum Gasteiger partial charge on any atom is 0.410 e. The van der Waals surface area contributed by atoms with E-state index < -0.39 is 5.60 Å². The Balaban J connectivity index is 1.24. The minimum Gasteiger partial charge on any atom is -0.490 e. The lowest BCUT2D eigenvalue weighted by Crippen LogP contribution is -2.42. The summed E-state index contributed by atoms with van der Waals surface area (Å²) < 4.78 is 26.1. The van der Waals surface area contributed by atoms with Crippen LogP contribution >= 0.6 is 11.8 Å². The number of hydrogen-bond acceptors (Lipinski definition) is 5. The number of carbonyl (C=O) groups excluding carboxylic acids is 2. The van der Waals surface area contributed by atoms with Crippen LogP contribution in [0.1, 0.15) is 58.4 Å². The molecule has 2 amide bonds. The summed E-state index contributed by atoms with van der Waals surface area (Å²) in [5.41, 5.74) is 1.47. The van der Waals surface area contributed by atoms with Gasteiger partial charge >= 0.3 is 6.09 Å². The van der Waals surface area contributed by atoms with Crippen molar-refractivity contribution in [1.29, 1.82) is 0 Å². The van der Waals surface area contributed by atoms with E-state index >= 15 is 0 Å². The predicted molar refractivity (Wildman–Crippen MR) is 142 cm³/mol. The van der Waals surface area contributed by atoms with E-state index in [1.165, 1.54) is 0 Å². The quantitative estimate of drug-likeness (QED) is 0.507. The van der Waals surface area contributed by atoms with Gasteiger partial charge in [0.05, 0.1) is 6.61 Å². The molecule has 1 aromatic carbocycles. The van der Waals surface area contributed by atoms with Gasteiger partial charge in [-0.1, -0.05) is 12.1 Å². The summed E-state index contributed by atoms with van der Waals surface area (Å²) >= 11 is 1.91. The zero-order valence-corrected chi connectivity index (χ0v) is 22.6. The summed E-state index contributed by atoms with van der Waals surface area (Å²) in [6, 6.07) is 5.18. The fourth-order valence-corrected chi connectivity index (χ4v) is 5.90. The first-order chi connectivity index (χ1) is 17.2. The number of thioether (sulfide) groups is 1. The van der Waals surface area contributed by atoms with Crippen LogP contribution < -0.4 is 4.74 Å². The predicted octanol–water partition coefficient (Wildman–Crippen LogP) is 5.61. The van der Waals surface area contributed by atoms with Crippen molar-refractivity contribution in [3.8, 4) is 5.75 Å². The van der Waals surface area contributed by atoms with Gasteiger partial charge in [0.15, 0.2) is 11.6 Å². The maximum absolute atomic E-state index is 14.8. The van der Waals surface area contributed by atoms with Crippen molar-refractivity contribution >= 4 is 29.3 Å². The van der Waals surface area contributed by atoms with E-state index in [9.17, 15) is 14.0 Å². The van der Waals surface area contributed by atoms with E-state index in [-0.39, 0.29) is 35.4 Å². The van der Waals surface area contributed by atoms with Gasteiger partial charge in [-0.05, 0) is 82.1 Å². The number of halogens is 1. The molecule has 1 unspecified atom stereocenters. The minimum atomic E-state index is -0.500.